The zero-order valence-corrected chi connectivity index (χ0v) is 19.9. The molecule has 0 aliphatic carbocycles. The number of rotatable bonds is 12. The van der Waals surface area contributed by atoms with Gasteiger partial charge in [0, 0.05) is 24.8 Å². The van der Waals surface area contributed by atoms with Gasteiger partial charge in [-0.15, -0.1) is 5.11 Å². The quantitative estimate of drug-likeness (QED) is 0.136. The van der Waals surface area contributed by atoms with Crippen molar-refractivity contribution in [1.82, 2.24) is 0 Å². The zero-order valence-electron chi connectivity index (χ0n) is 19.9. The highest BCUT2D eigenvalue weighted by Crippen LogP contribution is 2.32. The summed E-state index contributed by atoms with van der Waals surface area (Å²) in [5.74, 6) is -0.721. The Morgan fingerprint density at radius 1 is 0.919 bits per heavy atom. The fourth-order valence-electron chi connectivity index (χ4n) is 3.28. The van der Waals surface area contributed by atoms with Crippen LogP contribution in [0.4, 0.5) is 28.4 Å². The minimum absolute atomic E-state index is 0.0748. The maximum Gasteiger partial charge on any atom is 0.308 e. The largest absolute Gasteiger partial charge is 0.458 e. The number of ketones is 1. The fraction of sp³-hybridized carbons (Fsp3) is 0.200. The molecule has 12 heteroatoms. The molecule has 0 N–H and O–H groups in total. The Morgan fingerprint density at radius 3 is 2.24 bits per heavy atom. The molecule has 0 heterocycles. The third-order valence-electron chi connectivity index (χ3n) is 5.09. The lowest BCUT2D eigenvalue weighted by atomic mass is 10.2. The second kappa shape index (κ2) is 12.6. The second-order valence-corrected chi connectivity index (χ2v) is 7.92. The van der Waals surface area contributed by atoms with Crippen LogP contribution in [0.1, 0.15) is 18.9 Å². The molecule has 3 rings (SSSR count). The molecule has 0 aromatic heterocycles. The Morgan fingerprint density at radius 2 is 1.62 bits per heavy atom. The van der Waals surface area contributed by atoms with Crippen LogP contribution in [0.25, 0.3) is 0 Å². The summed E-state index contributed by atoms with van der Waals surface area (Å²) >= 11 is 0. The van der Waals surface area contributed by atoms with Gasteiger partial charge in [-0.3, -0.25) is 29.8 Å². The maximum atomic E-state index is 12.0. The van der Waals surface area contributed by atoms with E-state index in [1.807, 2.05) is 35.2 Å². The minimum Gasteiger partial charge on any atom is -0.458 e. The first-order valence-electron chi connectivity index (χ1n) is 11.1. The molecule has 0 saturated carbocycles. The number of nitro benzene ring substituents is 2. The van der Waals surface area contributed by atoms with Gasteiger partial charge in [0.15, 0.2) is 11.5 Å². The van der Waals surface area contributed by atoms with E-state index in [0.717, 1.165) is 23.4 Å². The van der Waals surface area contributed by atoms with Crippen molar-refractivity contribution in [2.75, 3.05) is 18.1 Å². The number of carbonyl (C=O) groups excluding carboxylic acids is 2. The summed E-state index contributed by atoms with van der Waals surface area (Å²) in [7, 11) is 0. The number of anilines is 1. The number of hydrogen-bond acceptors (Lipinski definition) is 10. The van der Waals surface area contributed by atoms with Gasteiger partial charge >= 0.3 is 11.7 Å². The number of azo groups is 1. The van der Waals surface area contributed by atoms with E-state index in [9.17, 15) is 29.8 Å². The minimum atomic E-state index is -0.757. The molecule has 0 fully saturated rings. The average Bonchev–Trinajstić information content (AvgIpc) is 2.89. The molecule has 0 atom stereocenters. The van der Waals surface area contributed by atoms with Crippen LogP contribution >= 0.6 is 0 Å². The molecule has 12 nitrogen and oxygen atoms in total. The van der Waals surface area contributed by atoms with Crippen LogP contribution in [-0.4, -0.2) is 34.8 Å². The number of carbonyl (C=O) groups is 2. The smallest absolute Gasteiger partial charge is 0.308 e. The molecular weight excluding hydrogens is 482 g/mol. The molecule has 190 valence electrons. The SMILES string of the molecule is CC(=O)COC(=O)CCN(Cc1ccccc1)c1ccc(N=Nc2ccc([N+](=O)[O-])cc2[N+](=O)[O-])cc1. The van der Waals surface area contributed by atoms with Gasteiger partial charge in [0.05, 0.1) is 28.0 Å². The third-order valence-corrected chi connectivity index (χ3v) is 5.09. The molecule has 0 radical (unpaired) electrons. The second-order valence-electron chi connectivity index (χ2n) is 7.92. The highest BCUT2D eigenvalue weighted by atomic mass is 16.6. The van der Waals surface area contributed by atoms with Crippen molar-refractivity contribution in [2.45, 2.75) is 19.9 Å². The molecule has 0 aliphatic rings. The molecule has 0 amide bonds. The Balaban J connectivity index is 1.77. The van der Waals surface area contributed by atoms with E-state index < -0.39 is 27.2 Å². The highest BCUT2D eigenvalue weighted by molar-refractivity contribution is 5.80. The average molecular weight is 505 g/mol. The monoisotopic (exact) mass is 505 g/mol. The van der Waals surface area contributed by atoms with E-state index in [4.69, 9.17) is 4.74 Å². The third kappa shape index (κ3) is 8.02. The predicted octanol–water partition coefficient (Wildman–Crippen LogP) is 5.45. The van der Waals surface area contributed by atoms with Gasteiger partial charge in [0.25, 0.3) is 5.69 Å². The molecule has 0 saturated heterocycles. The van der Waals surface area contributed by atoms with Gasteiger partial charge in [-0.2, -0.15) is 5.11 Å². The Labute approximate surface area is 211 Å². The number of Topliss-reactive ketones (excluding diaryl/α,β-unsaturated/α-hetero) is 1. The first-order valence-corrected chi connectivity index (χ1v) is 11.1. The van der Waals surface area contributed by atoms with Crippen molar-refractivity contribution >= 4 is 40.2 Å². The van der Waals surface area contributed by atoms with Crippen molar-refractivity contribution in [2.24, 2.45) is 10.2 Å². The van der Waals surface area contributed by atoms with Crippen LogP contribution in [0.3, 0.4) is 0 Å². The molecule has 0 spiro atoms. The maximum absolute atomic E-state index is 12.0. The van der Waals surface area contributed by atoms with Crippen LogP contribution in [0, 0.1) is 20.2 Å². The van der Waals surface area contributed by atoms with E-state index in [1.54, 1.807) is 24.3 Å². The lowest BCUT2D eigenvalue weighted by Gasteiger charge is -2.25. The van der Waals surface area contributed by atoms with Crippen molar-refractivity contribution in [3.63, 3.8) is 0 Å². The Kier molecular flexibility index (Phi) is 9.08. The van der Waals surface area contributed by atoms with Crippen molar-refractivity contribution in [1.29, 1.82) is 0 Å². The first-order chi connectivity index (χ1) is 17.7. The van der Waals surface area contributed by atoms with Gasteiger partial charge in [0.2, 0.25) is 0 Å². The van der Waals surface area contributed by atoms with E-state index >= 15 is 0 Å². The standard InChI is InChI=1S/C25H23N5O7/c1-18(31)17-37-25(32)13-14-28(16-19-5-3-2-4-6-19)21-9-7-20(8-10-21)26-27-23-12-11-22(29(33)34)15-24(23)30(35)36/h2-12,15H,13-14,16-17H2,1H3. The summed E-state index contributed by atoms with van der Waals surface area (Å²) in [6.07, 6.45) is 0.0748. The predicted molar refractivity (Wildman–Crippen MR) is 134 cm³/mol. The van der Waals surface area contributed by atoms with E-state index in [0.29, 0.717) is 18.8 Å². The van der Waals surface area contributed by atoms with E-state index in [1.165, 1.54) is 13.0 Å². The van der Waals surface area contributed by atoms with Crippen LogP contribution in [-0.2, 0) is 20.9 Å². The summed E-state index contributed by atoms with van der Waals surface area (Å²) < 4.78 is 4.95. The Bertz CT molecular complexity index is 1310. The fourth-order valence-corrected chi connectivity index (χ4v) is 3.28. The van der Waals surface area contributed by atoms with Crippen LogP contribution in [0.2, 0.25) is 0 Å². The number of nitrogens with zero attached hydrogens (tertiary/aromatic N) is 5. The molecule has 3 aromatic rings. The number of non-ortho nitro benzene ring substituents is 1. The van der Waals surface area contributed by atoms with Crippen molar-refractivity contribution in [3.8, 4) is 0 Å². The van der Waals surface area contributed by atoms with E-state index in [-0.39, 0.29) is 24.5 Å². The summed E-state index contributed by atoms with van der Waals surface area (Å²) in [6.45, 7) is 1.93. The summed E-state index contributed by atoms with van der Waals surface area (Å²) in [5, 5.41) is 30.1. The number of benzene rings is 3. The zero-order chi connectivity index (χ0) is 26.8. The lowest BCUT2D eigenvalue weighted by Crippen LogP contribution is -2.26. The van der Waals surface area contributed by atoms with Gasteiger partial charge in [-0.05, 0) is 42.8 Å². The summed E-state index contributed by atoms with van der Waals surface area (Å²) in [6, 6.07) is 19.6. The first kappa shape index (κ1) is 26.6. The molecule has 3 aromatic carbocycles. The number of esters is 1. The van der Waals surface area contributed by atoms with Gasteiger partial charge in [-0.25, -0.2) is 0 Å². The van der Waals surface area contributed by atoms with Crippen molar-refractivity contribution < 1.29 is 24.2 Å². The van der Waals surface area contributed by atoms with Crippen LogP contribution < -0.4 is 4.90 Å². The van der Waals surface area contributed by atoms with Gasteiger partial charge < -0.3 is 9.64 Å². The van der Waals surface area contributed by atoms with Crippen molar-refractivity contribution in [3.05, 3.63) is 98.6 Å². The van der Waals surface area contributed by atoms with Gasteiger partial charge in [-0.1, -0.05) is 30.3 Å². The molecule has 0 unspecified atom stereocenters. The number of ether oxygens (including phenoxy) is 1. The normalized spacial score (nSPS) is 10.7. The molecule has 0 bridgehead atoms. The number of hydrogen-bond donors (Lipinski definition) is 0. The highest BCUT2D eigenvalue weighted by Gasteiger charge is 2.19. The molecule has 0 aliphatic heterocycles. The lowest BCUT2D eigenvalue weighted by molar-refractivity contribution is -0.393. The summed E-state index contributed by atoms with van der Waals surface area (Å²) in [5.41, 5.74) is 1.14. The number of nitro groups is 2. The van der Waals surface area contributed by atoms with E-state index in [2.05, 4.69) is 10.2 Å². The van der Waals surface area contributed by atoms with Crippen LogP contribution in [0.15, 0.2) is 83.0 Å². The van der Waals surface area contributed by atoms with Gasteiger partial charge in [0.1, 0.15) is 6.61 Å². The molecule has 37 heavy (non-hydrogen) atoms. The topological polar surface area (TPSA) is 158 Å². The summed E-state index contributed by atoms with van der Waals surface area (Å²) in [4.78, 5) is 45.8. The van der Waals surface area contributed by atoms with Crippen LogP contribution in [0.5, 0.6) is 0 Å². The Hall–Kier alpha value is -5.00. The molecular formula is C25H23N5O7.